The van der Waals surface area contributed by atoms with Crippen LogP contribution >= 0.6 is 35.6 Å². The van der Waals surface area contributed by atoms with E-state index in [9.17, 15) is 0 Å². The summed E-state index contributed by atoms with van der Waals surface area (Å²) in [7, 11) is 0. The van der Waals surface area contributed by atoms with E-state index in [1.54, 1.807) is 0 Å². The fraction of sp³-hybridized carbons (Fsp3) is 0.267. The van der Waals surface area contributed by atoms with E-state index in [-0.39, 0.29) is 12.4 Å². The Balaban J connectivity index is 0.00000180. The summed E-state index contributed by atoms with van der Waals surface area (Å²) in [5.41, 5.74) is 4.14. The SMILES string of the molecule is C/C(Cl)=C/Cc1c(C)nc2ccc(C)cc2c1Cl.Cl. The van der Waals surface area contributed by atoms with Crippen molar-refractivity contribution in [3.8, 4) is 0 Å². The van der Waals surface area contributed by atoms with Crippen LogP contribution in [0.25, 0.3) is 10.9 Å². The molecule has 1 aromatic heterocycles. The molecule has 19 heavy (non-hydrogen) atoms. The lowest BCUT2D eigenvalue weighted by molar-refractivity contribution is 1.13. The maximum absolute atomic E-state index is 6.49. The Morgan fingerprint density at radius 1 is 1.32 bits per heavy atom. The Morgan fingerprint density at radius 2 is 2.00 bits per heavy atom. The van der Waals surface area contributed by atoms with Crippen molar-refractivity contribution < 1.29 is 0 Å². The number of aromatic nitrogens is 1. The van der Waals surface area contributed by atoms with Gasteiger partial charge < -0.3 is 0 Å². The largest absolute Gasteiger partial charge is 0.253 e. The summed E-state index contributed by atoms with van der Waals surface area (Å²) in [6.07, 6.45) is 2.68. The molecule has 4 heteroatoms. The third-order valence-corrected chi connectivity index (χ3v) is 3.55. The Labute approximate surface area is 130 Å². The number of benzene rings is 1. The van der Waals surface area contributed by atoms with Crippen LogP contribution in [-0.4, -0.2) is 4.98 Å². The molecule has 2 aromatic rings. The molecule has 0 aliphatic heterocycles. The van der Waals surface area contributed by atoms with Crippen LogP contribution in [0, 0.1) is 13.8 Å². The van der Waals surface area contributed by atoms with Crippen molar-refractivity contribution in [1.82, 2.24) is 4.98 Å². The molecule has 1 aromatic carbocycles. The Bertz CT molecular complexity index is 629. The third-order valence-electron chi connectivity index (χ3n) is 2.97. The number of fused-ring (bicyclic) bond motifs is 1. The number of halogens is 3. The second kappa shape index (κ2) is 6.60. The highest BCUT2D eigenvalue weighted by Gasteiger charge is 2.10. The van der Waals surface area contributed by atoms with E-state index >= 15 is 0 Å². The van der Waals surface area contributed by atoms with Crippen LogP contribution in [0.4, 0.5) is 0 Å². The molecule has 0 amide bonds. The van der Waals surface area contributed by atoms with Gasteiger partial charge in [-0.05, 0) is 44.9 Å². The van der Waals surface area contributed by atoms with E-state index in [1.807, 2.05) is 32.1 Å². The summed E-state index contributed by atoms with van der Waals surface area (Å²) in [5, 5.41) is 2.57. The quantitative estimate of drug-likeness (QED) is 0.701. The molecular formula is C15H16Cl3N. The summed E-state index contributed by atoms with van der Waals surface area (Å²) in [6.45, 7) is 5.90. The van der Waals surface area contributed by atoms with Crippen molar-refractivity contribution in [2.75, 3.05) is 0 Å². The Morgan fingerprint density at radius 3 is 2.63 bits per heavy atom. The summed E-state index contributed by atoms with van der Waals surface area (Å²) in [6, 6.07) is 6.13. The number of nitrogens with zero attached hydrogens (tertiary/aromatic N) is 1. The average molecular weight is 317 g/mol. The van der Waals surface area contributed by atoms with Crippen molar-refractivity contribution in [2.24, 2.45) is 0 Å². The van der Waals surface area contributed by atoms with Gasteiger partial charge in [-0.25, -0.2) is 0 Å². The lowest BCUT2D eigenvalue weighted by Crippen LogP contribution is -1.95. The minimum atomic E-state index is 0. The molecule has 0 atom stereocenters. The van der Waals surface area contributed by atoms with E-state index < -0.39 is 0 Å². The second-order valence-electron chi connectivity index (χ2n) is 4.51. The first kappa shape index (κ1) is 16.3. The van der Waals surface area contributed by atoms with Crippen LogP contribution in [0.5, 0.6) is 0 Å². The predicted octanol–water partition coefficient (Wildman–Crippen LogP) is 5.61. The van der Waals surface area contributed by atoms with E-state index in [4.69, 9.17) is 23.2 Å². The monoisotopic (exact) mass is 315 g/mol. The van der Waals surface area contributed by atoms with Crippen LogP contribution in [-0.2, 0) is 6.42 Å². The Hall–Kier alpha value is -0.760. The number of rotatable bonds is 2. The highest BCUT2D eigenvalue weighted by Crippen LogP contribution is 2.29. The zero-order valence-electron chi connectivity index (χ0n) is 11.1. The number of allylic oxidation sites excluding steroid dienone is 2. The lowest BCUT2D eigenvalue weighted by Gasteiger charge is -2.10. The van der Waals surface area contributed by atoms with Crippen molar-refractivity contribution in [3.63, 3.8) is 0 Å². The molecule has 0 unspecified atom stereocenters. The number of hydrogen-bond acceptors (Lipinski definition) is 1. The van der Waals surface area contributed by atoms with E-state index in [0.29, 0.717) is 0 Å². The number of aryl methyl sites for hydroxylation is 2. The van der Waals surface area contributed by atoms with Gasteiger partial charge in [0.25, 0.3) is 0 Å². The van der Waals surface area contributed by atoms with Crippen molar-refractivity contribution in [2.45, 2.75) is 27.2 Å². The molecule has 0 saturated heterocycles. The normalized spacial score (nSPS) is 11.5. The van der Waals surface area contributed by atoms with Gasteiger partial charge in [-0.3, -0.25) is 4.98 Å². The molecule has 0 saturated carbocycles. The molecule has 2 rings (SSSR count). The van der Waals surface area contributed by atoms with Gasteiger partial charge in [-0.15, -0.1) is 12.4 Å². The molecule has 0 N–H and O–H groups in total. The molecule has 0 spiro atoms. The second-order valence-corrected chi connectivity index (χ2v) is 5.48. The molecule has 102 valence electrons. The molecular weight excluding hydrogens is 301 g/mol. The standard InChI is InChI=1S/C15H15Cl2N.ClH/c1-9-4-7-14-13(8-9)15(17)12(11(3)18-14)6-5-10(2)16;/h4-5,7-8H,6H2,1-3H3;1H/b10-5-;. The fourth-order valence-electron chi connectivity index (χ4n) is 1.97. The van der Waals surface area contributed by atoms with Gasteiger partial charge in [0.05, 0.1) is 10.5 Å². The minimum Gasteiger partial charge on any atom is -0.253 e. The van der Waals surface area contributed by atoms with E-state index in [2.05, 4.69) is 18.0 Å². The fourth-order valence-corrected chi connectivity index (χ4v) is 2.42. The van der Waals surface area contributed by atoms with Crippen LogP contribution in [0.15, 0.2) is 29.3 Å². The van der Waals surface area contributed by atoms with Gasteiger partial charge >= 0.3 is 0 Å². The molecule has 0 fully saturated rings. The molecule has 0 aliphatic carbocycles. The molecule has 1 heterocycles. The lowest BCUT2D eigenvalue weighted by atomic mass is 10.0. The number of hydrogen-bond donors (Lipinski definition) is 0. The van der Waals surface area contributed by atoms with Crippen LogP contribution in [0.3, 0.4) is 0 Å². The van der Waals surface area contributed by atoms with Gasteiger partial charge in [-0.2, -0.15) is 0 Å². The summed E-state index contributed by atoms with van der Waals surface area (Å²) in [5.74, 6) is 0. The first-order chi connectivity index (χ1) is 8.49. The summed E-state index contributed by atoms with van der Waals surface area (Å²) >= 11 is 12.4. The molecule has 0 bridgehead atoms. The minimum absolute atomic E-state index is 0. The van der Waals surface area contributed by atoms with Crippen molar-refractivity contribution in [3.05, 3.63) is 51.2 Å². The molecule has 1 nitrogen and oxygen atoms in total. The van der Waals surface area contributed by atoms with Gasteiger partial charge in [0.1, 0.15) is 0 Å². The van der Waals surface area contributed by atoms with Crippen LogP contribution < -0.4 is 0 Å². The predicted molar refractivity (Wildman–Crippen MR) is 86.8 cm³/mol. The van der Waals surface area contributed by atoms with Gasteiger partial charge in [0.15, 0.2) is 0 Å². The van der Waals surface area contributed by atoms with Crippen LogP contribution in [0.1, 0.15) is 23.7 Å². The van der Waals surface area contributed by atoms with Gasteiger partial charge in [0.2, 0.25) is 0 Å². The smallest absolute Gasteiger partial charge is 0.0720 e. The van der Waals surface area contributed by atoms with E-state index in [1.165, 1.54) is 5.56 Å². The zero-order valence-corrected chi connectivity index (χ0v) is 13.5. The third kappa shape index (κ3) is 3.62. The van der Waals surface area contributed by atoms with Gasteiger partial charge in [0, 0.05) is 16.1 Å². The first-order valence-electron chi connectivity index (χ1n) is 5.86. The Kier molecular flexibility index (Phi) is 5.66. The van der Waals surface area contributed by atoms with E-state index in [0.717, 1.165) is 38.6 Å². The summed E-state index contributed by atoms with van der Waals surface area (Å²) in [4.78, 5) is 4.60. The highest BCUT2D eigenvalue weighted by molar-refractivity contribution is 6.36. The molecule has 0 radical (unpaired) electrons. The van der Waals surface area contributed by atoms with Gasteiger partial charge in [-0.1, -0.05) is 40.9 Å². The first-order valence-corrected chi connectivity index (χ1v) is 6.62. The maximum Gasteiger partial charge on any atom is 0.0720 e. The van der Waals surface area contributed by atoms with Crippen molar-refractivity contribution in [1.29, 1.82) is 0 Å². The summed E-state index contributed by atoms with van der Waals surface area (Å²) < 4.78 is 0. The zero-order chi connectivity index (χ0) is 13.3. The maximum atomic E-state index is 6.49. The number of pyridine rings is 1. The van der Waals surface area contributed by atoms with Crippen LogP contribution in [0.2, 0.25) is 5.02 Å². The highest BCUT2D eigenvalue weighted by atomic mass is 35.5. The molecule has 0 aliphatic rings. The topological polar surface area (TPSA) is 12.9 Å². The van der Waals surface area contributed by atoms with Crippen molar-refractivity contribution >= 4 is 46.5 Å². The average Bonchev–Trinajstić information content (AvgIpc) is 2.30.